The van der Waals surface area contributed by atoms with Gasteiger partial charge in [-0.05, 0) is 13.3 Å². The van der Waals surface area contributed by atoms with Gasteiger partial charge >= 0.3 is 6.03 Å². The van der Waals surface area contributed by atoms with Crippen molar-refractivity contribution in [3.8, 4) is 0 Å². The number of oxime groups is 1. The highest BCUT2D eigenvalue weighted by molar-refractivity contribution is 6.22. The van der Waals surface area contributed by atoms with Gasteiger partial charge in [0, 0.05) is 33.0 Å². The number of amides is 2. The molecule has 0 aromatic carbocycles. The summed E-state index contributed by atoms with van der Waals surface area (Å²) in [5, 5.41) is 6.64. The van der Waals surface area contributed by atoms with Crippen molar-refractivity contribution in [2.24, 2.45) is 11.1 Å². The zero-order valence-corrected chi connectivity index (χ0v) is 13.7. The highest BCUT2D eigenvalue weighted by Crippen LogP contribution is 2.22. The van der Waals surface area contributed by atoms with Gasteiger partial charge in [-0.3, -0.25) is 9.59 Å². The van der Waals surface area contributed by atoms with Gasteiger partial charge in [0.1, 0.15) is 12.5 Å². The molecule has 0 bridgehead atoms. The third kappa shape index (κ3) is 4.82. The summed E-state index contributed by atoms with van der Waals surface area (Å²) in [7, 11) is 3.22. The lowest BCUT2D eigenvalue weighted by atomic mass is 9.80. The van der Waals surface area contributed by atoms with Crippen LogP contribution in [0.15, 0.2) is 5.16 Å². The van der Waals surface area contributed by atoms with E-state index < -0.39 is 12.0 Å². The lowest BCUT2D eigenvalue weighted by Gasteiger charge is -2.28. The van der Waals surface area contributed by atoms with Crippen molar-refractivity contribution in [3.63, 3.8) is 0 Å². The fourth-order valence-corrected chi connectivity index (χ4v) is 2.40. The van der Waals surface area contributed by atoms with E-state index in [0.29, 0.717) is 18.7 Å². The lowest BCUT2D eigenvalue weighted by molar-refractivity contribution is -0.133. The zero-order valence-electron chi connectivity index (χ0n) is 13.7. The molecule has 1 N–H and O–H groups in total. The number of urea groups is 1. The molecule has 0 spiro atoms. The monoisotopic (exact) mass is 311 g/mol. The van der Waals surface area contributed by atoms with E-state index in [4.69, 9.17) is 4.84 Å². The third-order valence-electron chi connectivity index (χ3n) is 3.42. The van der Waals surface area contributed by atoms with E-state index in [-0.39, 0.29) is 30.4 Å². The fourth-order valence-electron chi connectivity index (χ4n) is 2.40. The van der Waals surface area contributed by atoms with Gasteiger partial charge in [0.15, 0.2) is 11.6 Å². The summed E-state index contributed by atoms with van der Waals surface area (Å²) in [5.41, 5.74) is 0.497. The summed E-state index contributed by atoms with van der Waals surface area (Å²) in [4.78, 5) is 42.7. The molecular formula is C15H25N3O4. The van der Waals surface area contributed by atoms with Gasteiger partial charge in [-0.15, -0.1) is 0 Å². The Hall–Kier alpha value is -1.92. The van der Waals surface area contributed by atoms with Crippen molar-refractivity contribution in [3.05, 3.63) is 0 Å². The second-order valence-electron chi connectivity index (χ2n) is 5.57. The molecular weight excluding hydrogens is 286 g/mol. The molecule has 0 atom stereocenters. The van der Waals surface area contributed by atoms with E-state index in [0.717, 1.165) is 6.42 Å². The van der Waals surface area contributed by atoms with Gasteiger partial charge < -0.3 is 15.1 Å². The molecule has 7 heteroatoms. The van der Waals surface area contributed by atoms with Crippen LogP contribution in [-0.4, -0.2) is 55.0 Å². The first kappa shape index (κ1) is 18.1. The second kappa shape index (κ2) is 8.51. The predicted molar refractivity (Wildman–Crippen MR) is 82.7 cm³/mol. The van der Waals surface area contributed by atoms with Gasteiger partial charge in [-0.25, -0.2) is 4.79 Å². The first-order valence-electron chi connectivity index (χ1n) is 7.62. The summed E-state index contributed by atoms with van der Waals surface area (Å²) >= 11 is 0. The van der Waals surface area contributed by atoms with Crippen LogP contribution < -0.4 is 5.32 Å². The van der Waals surface area contributed by atoms with Crippen molar-refractivity contribution >= 4 is 23.3 Å². The van der Waals surface area contributed by atoms with Crippen LogP contribution in [0.4, 0.5) is 4.79 Å². The molecule has 124 valence electrons. The average Bonchev–Trinajstić information content (AvgIpc) is 2.43. The minimum absolute atomic E-state index is 0.144. The Morgan fingerprint density at radius 1 is 1.27 bits per heavy atom. The van der Waals surface area contributed by atoms with Crippen LogP contribution >= 0.6 is 0 Å². The Kier molecular flexibility index (Phi) is 7.01. The van der Waals surface area contributed by atoms with E-state index in [1.54, 1.807) is 21.0 Å². The SMILES string of the molecule is CCCC(=NOCC)C1C(=O)CC(NC(=O)N(C)C)CC1=O. The van der Waals surface area contributed by atoms with Crippen molar-refractivity contribution in [2.75, 3.05) is 20.7 Å². The van der Waals surface area contributed by atoms with Gasteiger partial charge in [0.2, 0.25) is 0 Å². The van der Waals surface area contributed by atoms with Crippen LogP contribution in [0.2, 0.25) is 0 Å². The number of ketones is 2. The molecule has 0 aromatic heterocycles. The van der Waals surface area contributed by atoms with Crippen LogP contribution in [0.25, 0.3) is 0 Å². The Morgan fingerprint density at radius 2 is 1.86 bits per heavy atom. The number of nitrogens with one attached hydrogen (secondary N) is 1. The van der Waals surface area contributed by atoms with Crippen molar-refractivity contribution in [2.45, 2.75) is 45.6 Å². The summed E-state index contributed by atoms with van der Waals surface area (Å²) < 4.78 is 0. The molecule has 1 aliphatic rings. The van der Waals surface area contributed by atoms with Crippen molar-refractivity contribution in [1.82, 2.24) is 10.2 Å². The van der Waals surface area contributed by atoms with Gasteiger partial charge in [0.05, 0.1) is 5.71 Å². The standard InChI is InChI=1S/C15H25N3O4/c1-5-7-11(17-22-6-2)14-12(19)8-10(9-13(14)20)16-15(21)18(3)4/h10,14H,5-9H2,1-4H3,(H,16,21). The van der Waals surface area contributed by atoms with E-state index in [9.17, 15) is 14.4 Å². The molecule has 1 fully saturated rings. The average molecular weight is 311 g/mol. The molecule has 0 heterocycles. The maximum Gasteiger partial charge on any atom is 0.317 e. The van der Waals surface area contributed by atoms with Gasteiger partial charge in [-0.1, -0.05) is 18.5 Å². The molecule has 0 unspecified atom stereocenters. The second-order valence-corrected chi connectivity index (χ2v) is 5.57. The summed E-state index contributed by atoms with van der Waals surface area (Å²) in [6.45, 7) is 4.15. The minimum Gasteiger partial charge on any atom is -0.396 e. The van der Waals surface area contributed by atoms with Crippen LogP contribution in [0, 0.1) is 5.92 Å². The minimum atomic E-state index is -0.820. The van der Waals surface area contributed by atoms with Crippen LogP contribution in [-0.2, 0) is 14.4 Å². The van der Waals surface area contributed by atoms with Crippen molar-refractivity contribution in [1.29, 1.82) is 0 Å². The van der Waals surface area contributed by atoms with E-state index >= 15 is 0 Å². The number of Topliss-reactive ketones (excluding diaryl/α,β-unsaturated/α-hetero) is 2. The Labute approximate surface area is 131 Å². The Morgan fingerprint density at radius 3 is 2.32 bits per heavy atom. The van der Waals surface area contributed by atoms with Gasteiger partial charge in [-0.2, -0.15) is 0 Å². The quantitative estimate of drug-likeness (QED) is 0.456. The first-order chi connectivity index (χ1) is 10.4. The lowest BCUT2D eigenvalue weighted by Crippen LogP contribution is -2.49. The van der Waals surface area contributed by atoms with Crippen LogP contribution in [0.5, 0.6) is 0 Å². The molecule has 1 rings (SSSR count). The first-order valence-corrected chi connectivity index (χ1v) is 7.62. The van der Waals surface area contributed by atoms with Crippen LogP contribution in [0.1, 0.15) is 39.5 Å². The van der Waals surface area contributed by atoms with E-state index in [1.165, 1.54) is 4.90 Å². The molecule has 2 amide bonds. The van der Waals surface area contributed by atoms with E-state index in [1.807, 2.05) is 6.92 Å². The Bertz CT molecular complexity index is 442. The molecule has 0 radical (unpaired) electrons. The number of hydrogen-bond acceptors (Lipinski definition) is 5. The maximum atomic E-state index is 12.3. The zero-order chi connectivity index (χ0) is 16.7. The highest BCUT2D eigenvalue weighted by Gasteiger charge is 2.39. The summed E-state index contributed by atoms with van der Waals surface area (Å²) in [5.74, 6) is -1.22. The number of nitrogens with zero attached hydrogens (tertiary/aromatic N) is 2. The molecule has 0 saturated heterocycles. The fraction of sp³-hybridized carbons (Fsp3) is 0.733. The smallest absolute Gasteiger partial charge is 0.317 e. The summed E-state index contributed by atoms with van der Waals surface area (Å²) in [6, 6.07) is -0.748. The van der Waals surface area contributed by atoms with Gasteiger partial charge in [0.25, 0.3) is 0 Å². The number of rotatable bonds is 6. The summed E-state index contributed by atoms with van der Waals surface area (Å²) in [6.07, 6.45) is 1.62. The predicted octanol–water partition coefficient (Wildman–Crippen LogP) is 1.37. The number of carbonyl (C=O) groups is 3. The maximum absolute atomic E-state index is 12.3. The number of hydrogen-bond donors (Lipinski definition) is 1. The van der Waals surface area contributed by atoms with E-state index in [2.05, 4.69) is 10.5 Å². The van der Waals surface area contributed by atoms with Crippen molar-refractivity contribution < 1.29 is 19.2 Å². The van der Waals surface area contributed by atoms with Crippen LogP contribution in [0.3, 0.4) is 0 Å². The highest BCUT2D eigenvalue weighted by atomic mass is 16.6. The molecule has 1 aliphatic carbocycles. The Balaban J connectivity index is 2.79. The third-order valence-corrected chi connectivity index (χ3v) is 3.42. The topological polar surface area (TPSA) is 88.1 Å². The number of carbonyl (C=O) groups excluding carboxylic acids is 3. The molecule has 22 heavy (non-hydrogen) atoms. The molecule has 7 nitrogen and oxygen atoms in total. The normalized spacial score (nSPS) is 22.5. The molecule has 1 saturated carbocycles. The molecule has 0 aromatic rings. The molecule has 0 aliphatic heterocycles. The largest absolute Gasteiger partial charge is 0.396 e.